The van der Waals surface area contributed by atoms with E-state index in [4.69, 9.17) is 9.47 Å². The molecule has 1 saturated carbocycles. The van der Waals surface area contributed by atoms with E-state index in [1.807, 2.05) is 0 Å². The third-order valence-corrected chi connectivity index (χ3v) is 6.79. The van der Waals surface area contributed by atoms with Crippen LogP contribution in [-0.2, 0) is 14.3 Å². The lowest BCUT2D eigenvalue weighted by Crippen LogP contribution is -2.40. The smallest absolute Gasteiger partial charge is 0.511 e. The predicted octanol–water partition coefficient (Wildman–Crippen LogP) is 5.85. The van der Waals surface area contributed by atoms with Gasteiger partial charge in [-0.05, 0) is 55.7 Å². The van der Waals surface area contributed by atoms with Gasteiger partial charge in [-0.1, -0.05) is 17.8 Å². The Hall–Kier alpha value is -3.80. The number of esters is 1. The fraction of sp³-hybridized carbons (Fsp3) is 0.292. The summed E-state index contributed by atoms with van der Waals surface area (Å²) in [6.07, 6.45) is -2.09. The number of amides is 1. The molecule has 2 aliphatic rings. The van der Waals surface area contributed by atoms with Crippen LogP contribution in [0.3, 0.4) is 0 Å². The van der Waals surface area contributed by atoms with Crippen molar-refractivity contribution in [1.29, 1.82) is 0 Å². The Balaban J connectivity index is 1.26. The number of aromatic nitrogens is 1. The highest BCUT2D eigenvalue weighted by atomic mass is 32.1. The number of benzene rings is 2. The van der Waals surface area contributed by atoms with Crippen molar-refractivity contribution in [2.45, 2.75) is 38.1 Å². The number of rotatable bonds is 5. The largest absolute Gasteiger partial charge is 0.573 e. The van der Waals surface area contributed by atoms with Crippen LogP contribution < -0.4 is 14.8 Å². The number of hydrogen-bond acceptors (Lipinski definition) is 8. The Labute approximate surface area is 206 Å². The number of alkyl halides is 3. The van der Waals surface area contributed by atoms with Crippen LogP contribution in [0.15, 0.2) is 53.8 Å². The SMILES string of the molecule is O=C(Nc1ccc(Oc2nc3ccc(OC(F)(F)F)cc3s2)cc1)C1=C(O)C2CCCCC2OC1=O. The summed E-state index contributed by atoms with van der Waals surface area (Å²) in [6.45, 7) is 0. The highest BCUT2D eigenvalue weighted by Gasteiger charge is 2.41. The van der Waals surface area contributed by atoms with Crippen LogP contribution in [0.4, 0.5) is 18.9 Å². The molecule has 1 aromatic heterocycles. The van der Waals surface area contributed by atoms with Crippen LogP contribution >= 0.6 is 11.3 Å². The molecule has 188 valence electrons. The van der Waals surface area contributed by atoms with Gasteiger partial charge in [0.1, 0.15) is 23.4 Å². The maximum Gasteiger partial charge on any atom is 0.573 e. The van der Waals surface area contributed by atoms with E-state index in [-0.39, 0.29) is 28.2 Å². The molecule has 12 heteroatoms. The van der Waals surface area contributed by atoms with Gasteiger partial charge >= 0.3 is 12.3 Å². The van der Waals surface area contributed by atoms with Gasteiger partial charge in [-0.2, -0.15) is 0 Å². The molecule has 3 aromatic rings. The van der Waals surface area contributed by atoms with Crippen molar-refractivity contribution in [2.75, 3.05) is 5.32 Å². The monoisotopic (exact) mass is 520 g/mol. The summed E-state index contributed by atoms with van der Waals surface area (Å²) < 4.78 is 52.7. The molecule has 2 atom stereocenters. The van der Waals surface area contributed by atoms with Crippen LogP contribution in [0.25, 0.3) is 10.2 Å². The lowest BCUT2D eigenvalue weighted by atomic mass is 9.82. The van der Waals surface area contributed by atoms with Crippen LogP contribution in [0.5, 0.6) is 16.7 Å². The quantitative estimate of drug-likeness (QED) is 0.321. The van der Waals surface area contributed by atoms with Crippen molar-refractivity contribution in [3.05, 3.63) is 53.8 Å². The van der Waals surface area contributed by atoms with E-state index in [1.165, 1.54) is 30.3 Å². The van der Waals surface area contributed by atoms with E-state index < -0.39 is 24.3 Å². The van der Waals surface area contributed by atoms with Gasteiger partial charge in [-0.25, -0.2) is 9.78 Å². The van der Waals surface area contributed by atoms with Crippen molar-refractivity contribution in [1.82, 2.24) is 4.98 Å². The van der Waals surface area contributed by atoms with Crippen molar-refractivity contribution in [3.8, 4) is 16.7 Å². The normalized spacial score (nSPS) is 20.0. The average Bonchev–Trinajstić information content (AvgIpc) is 3.21. The predicted molar refractivity (Wildman–Crippen MR) is 123 cm³/mol. The maximum absolute atomic E-state index is 12.7. The molecule has 1 amide bonds. The third kappa shape index (κ3) is 5.08. The number of halogens is 3. The summed E-state index contributed by atoms with van der Waals surface area (Å²) in [4.78, 5) is 29.3. The number of nitrogens with one attached hydrogen (secondary N) is 1. The van der Waals surface area contributed by atoms with E-state index in [0.29, 0.717) is 34.5 Å². The van der Waals surface area contributed by atoms with Gasteiger partial charge in [0.2, 0.25) is 0 Å². The molecular weight excluding hydrogens is 501 g/mol. The molecule has 1 aliphatic heterocycles. The second-order valence-electron chi connectivity index (χ2n) is 8.33. The summed E-state index contributed by atoms with van der Waals surface area (Å²) in [7, 11) is 0. The molecule has 0 saturated heterocycles. The van der Waals surface area contributed by atoms with E-state index in [9.17, 15) is 27.9 Å². The van der Waals surface area contributed by atoms with Gasteiger partial charge in [0.05, 0.1) is 16.1 Å². The molecule has 2 unspecified atom stereocenters. The minimum Gasteiger partial charge on any atom is -0.511 e. The number of aliphatic hydroxyl groups excluding tert-OH is 1. The molecule has 2 heterocycles. The molecule has 5 rings (SSSR count). The second kappa shape index (κ2) is 9.34. The second-order valence-corrected chi connectivity index (χ2v) is 9.33. The number of thiazole rings is 1. The first-order valence-corrected chi connectivity index (χ1v) is 11.9. The number of aliphatic hydroxyl groups is 1. The zero-order valence-electron chi connectivity index (χ0n) is 18.5. The Morgan fingerprint density at radius 3 is 2.58 bits per heavy atom. The Morgan fingerprint density at radius 1 is 1.11 bits per heavy atom. The van der Waals surface area contributed by atoms with Crippen LogP contribution in [0.1, 0.15) is 25.7 Å². The molecule has 0 radical (unpaired) electrons. The fourth-order valence-electron chi connectivity index (χ4n) is 4.27. The molecule has 1 aliphatic carbocycles. The molecule has 2 aromatic carbocycles. The Kier molecular flexibility index (Phi) is 6.20. The van der Waals surface area contributed by atoms with Gasteiger partial charge in [-0.3, -0.25) is 4.79 Å². The maximum atomic E-state index is 12.7. The molecule has 2 N–H and O–H groups in total. The van der Waals surface area contributed by atoms with E-state index in [1.54, 1.807) is 12.1 Å². The summed E-state index contributed by atoms with van der Waals surface area (Å²) in [6, 6.07) is 9.95. The first-order valence-electron chi connectivity index (χ1n) is 11.1. The minimum atomic E-state index is -4.79. The number of carbonyl (C=O) groups is 2. The van der Waals surface area contributed by atoms with Crippen LogP contribution in [0, 0.1) is 5.92 Å². The van der Waals surface area contributed by atoms with Crippen molar-refractivity contribution in [3.63, 3.8) is 0 Å². The standard InChI is InChI=1S/C24H19F3N2O6S/c25-24(26,27)35-14-9-10-16-18(11-14)36-23(29-16)33-13-7-5-12(6-8-13)28-21(31)19-20(30)15-3-1-2-4-17(15)34-22(19)32/h5-11,15,17,30H,1-4H2,(H,28,31). The number of carbonyl (C=O) groups excluding carboxylic acids is 2. The topological polar surface area (TPSA) is 107 Å². The molecule has 36 heavy (non-hydrogen) atoms. The number of ether oxygens (including phenoxy) is 3. The first-order chi connectivity index (χ1) is 17.2. The zero-order chi connectivity index (χ0) is 25.4. The third-order valence-electron chi connectivity index (χ3n) is 5.89. The van der Waals surface area contributed by atoms with Gasteiger partial charge < -0.3 is 24.6 Å². The van der Waals surface area contributed by atoms with Crippen molar-refractivity contribution in [2.24, 2.45) is 5.92 Å². The number of nitrogens with zero attached hydrogens (tertiary/aromatic N) is 1. The number of anilines is 1. The minimum absolute atomic E-state index is 0.202. The lowest BCUT2D eigenvalue weighted by Gasteiger charge is -2.34. The summed E-state index contributed by atoms with van der Waals surface area (Å²) in [5, 5.41) is 13.3. The van der Waals surface area contributed by atoms with Gasteiger partial charge in [0, 0.05) is 11.8 Å². The van der Waals surface area contributed by atoms with Crippen molar-refractivity contribution >= 4 is 39.1 Å². The van der Waals surface area contributed by atoms with E-state index >= 15 is 0 Å². The molecule has 0 spiro atoms. The zero-order valence-corrected chi connectivity index (χ0v) is 19.3. The van der Waals surface area contributed by atoms with E-state index in [0.717, 1.165) is 24.2 Å². The van der Waals surface area contributed by atoms with Crippen molar-refractivity contribution < 1.29 is 42.1 Å². The highest BCUT2D eigenvalue weighted by Crippen LogP contribution is 2.37. The Bertz CT molecular complexity index is 1350. The van der Waals surface area contributed by atoms with E-state index in [2.05, 4.69) is 15.0 Å². The average molecular weight is 520 g/mol. The number of hydrogen-bond donors (Lipinski definition) is 2. The van der Waals surface area contributed by atoms with Gasteiger partial charge in [0.15, 0.2) is 5.57 Å². The fourth-order valence-corrected chi connectivity index (χ4v) is 5.13. The lowest BCUT2D eigenvalue weighted by molar-refractivity contribution is -0.274. The first kappa shape index (κ1) is 23.9. The summed E-state index contributed by atoms with van der Waals surface area (Å²) >= 11 is 1.04. The Morgan fingerprint density at radius 2 is 1.83 bits per heavy atom. The van der Waals surface area contributed by atoms with Gasteiger partial charge in [-0.15, -0.1) is 13.2 Å². The molecule has 8 nitrogen and oxygen atoms in total. The molecule has 0 bridgehead atoms. The highest BCUT2D eigenvalue weighted by molar-refractivity contribution is 7.20. The summed E-state index contributed by atoms with van der Waals surface area (Å²) in [5.74, 6) is -2.19. The summed E-state index contributed by atoms with van der Waals surface area (Å²) in [5.41, 5.74) is 0.410. The molecule has 1 fully saturated rings. The van der Waals surface area contributed by atoms with Gasteiger partial charge in [0.25, 0.3) is 11.1 Å². The van der Waals surface area contributed by atoms with Crippen LogP contribution in [-0.4, -0.2) is 34.4 Å². The molecular formula is C24H19F3N2O6S. The van der Waals surface area contributed by atoms with Crippen LogP contribution in [0.2, 0.25) is 0 Å². The number of fused-ring (bicyclic) bond motifs is 2.